The molecule has 0 spiro atoms. The lowest BCUT2D eigenvalue weighted by Gasteiger charge is -2.35. The number of halogens is 2. The lowest BCUT2D eigenvalue weighted by atomic mass is 10.1. The highest BCUT2D eigenvalue weighted by Gasteiger charge is 2.25. The van der Waals surface area contributed by atoms with Gasteiger partial charge in [0, 0.05) is 37.6 Å². The number of nitrogens with zero attached hydrogens (tertiary/aromatic N) is 2. The van der Waals surface area contributed by atoms with Crippen molar-refractivity contribution in [2.45, 2.75) is 19.0 Å². The first kappa shape index (κ1) is 21.9. The Morgan fingerprint density at radius 1 is 1.04 bits per heavy atom. The number of piperazine rings is 1. The third kappa shape index (κ3) is 6.28. The van der Waals surface area contributed by atoms with Crippen molar-refractivity contribution in [2.24, 2.45) is 5.73 Å². The second kappa shape index (κ2) is 10.8. The van der Waals surface area contributed by atoms with Gasteiger partial charge in [-0.25, -0.2) is 0 Å². The van der Waals surface area contributed by atoms with Gasteiger partial charge in [-0.2, -0.15) is 0 Å². The second-order valence-electron chi connectivity index (χ2n) is 5.98. The Balaban J connectivity index is 0.00000156. The maximum atomic E-state index is 12.5. The molecule has 2 heterocycles. The molecule has 2 N–H and O–H groups in total. The van der Waals surface area contributed by atoms with Crippen molar-refractivity contribution in [2.75, 3.05) is 26.2 Å². The summed E-state index contributed by atoms with van der Waals surface area (Å²) in [7, 11) is 0. The molecule has 1 atom stereocenters. The van der Waals surface area contributed by atoms with Gasteiger partial charge in [-0.1, -0.05) is 36.4 Å². The minimum absolute atomic E-state index is 0. The number of carbonyl (C=O) groups is 1. The van der Waals surface area contributed by atoms with Crippen molar-refractivity contribution in [3.05, 3.63) is 58.3 Å². The zero-order chi connectivity index (χ0) is 16.1. The Hall–Kier alpha value is -1.11. The van der Waals surface area contributed by atoms with Gasteiger partial charge in [-0.05, 0) is 23.4 Å². The van der Waals surface area contributed by atoms with Gasteiger partial charge in [0.2, 0.25) is 5.91 Å². The molecular weight excluding hydrogens is 377 g/mol. The largest absolute Gasteiger partial charge is 0.339 e. The molecule has 0 saturated carbocycles. The number of hydrogen-bond donors (Lipinski definition) is 1. The van der Waals surface area contributed by atoms with Gasteiger partial charge < -0.3 is 10.6 Å². The van der Waals surface area contributed by atoms with Crippen LogP contribution >= 0.6 is 36.2 Å². The van der Waals surface area contributed by atoms with Crippen LogP contribution in [0.5, 0.6) is 0 Å². The molecule has 4 nitrogen and oxygen atoms in total. The quantitative estimate of drug-likeness (QED) is 0.837. The summed E-state index contributed by atoms with van der Waals surface area (Å²) in [6.07, 6.45) is 0.606. The molecule has 1 fully saturated rings. The Labute approximate surface area is 165 Å². The van der Waals surface area contributed by atoms with E-state index in [0.29, 0.717) is 6.42 Å². The minimum Gasteiger partial charge on any atom is -0.339 e. The average Bonchev–Trinajstić information content (AvgIpc) is 3.09. The van der Waals surface area contributed by atoms with E-state index >= 15 is 0 Å². The van der Waals surface area contributed by atoms with E-state index in [9.17, 15) is 4.79 Å². The summed E-state index contributed by atoms with van der Waals surface area (Å²) in [5.74, 6) is 0.0737. The lowest BCUT2D eigenvalue weighted by molar-refractivity contribution is -0.134. The highest BCUT2D eigenvalue weighted by molar-refractivity contribution is 7.09. The minimum atomic E-state index is -0.443. The van der Waals surface area contributed by atoms with Crippen LogP contribution in [-0.4, -0.2) is 47.9 Å². The molecule has 138 valence electrons. The smallest absolute Gasteiger partial charge is 0.239 e. The summed E-state index contributed by atoms with van der Waals surface area (Å²) in [6, 6.07) is 13.8. The molecule has 25 heavy (non-hydrogen) atoms. The predicted molar refractivity (Wildman–Crippen MR) is 109 cm³/mol. The summed E-state index contributed by atoms with van der Waals surface area (Å²) in [6.45, 7) is 4.36. The molecule has 1 aliphatic heterocycles. The fourth-order valence-corrected chi connectivity index (χ4v) is 3.69. The van der Waals surface area contributed by atoms with Gasteiger partial charge in [0.25, 0.3) is 0 Å². The molecule has 0 aliphatic carbocycles. The van der Waals surface area contributed by atoms with E-state index < -0.39 is 6.04 Å². The number of hydrogen-bond acceptors (Lipinski definition) is 4. The number of rotatable bonds is 5. The van der Waals surface area contributed by atoms with Gasteiger partial charge in [-0.3, -0.25) is 9.69 Å². The van der Waals surface area contributed by atoms with E-state index in [1.165, 1.54) is 4.88 Å². The van der Waals surface area contributed by atoms with Crippen molar-refractivity contribution in [3.8, 4) is 0 Å². The summed E-state index contributed by atoms with van der Waals surface area (Å²) < 4.78 is 0. The van der Waals surface area contributed by atoms with Crippen LogP contribution in [0.25, 0.3) is 0 Å². The van der Waals surface area contributed by atoms with E-state index in [4.69, 9.17) is 5.73 Å². The van der Waals surface area contributed by atoms with Gasteiger partial charge >= 0.3 is 0 Å². The number of amides is 1. The average molecular weight is 402 g/mol. The normalized spacial score (nSPS) is 15.8. The second-order valence-corrected chi connectivity index (χ2v) is 7.01. The first-order chi connectivity index (χ1) is 11.2. The molecule has 0 radical (unpaired) electrons. The molecule has 1 saturated heterocycles. The molecule has 1 aliphatic rings. The van der Waals surface area contributed by atoms with Crippen molar-refractivity contribution in [1.82, 2.24) is 9.80 Å². The van der Waals surface area contributed by atoms with E-state index in [-0.39, 0.29) is 30.7 Å². The topological polar surface area (TPSA) is 49.6 Å². The lowest BCUT2D eigenvalue weighted by Crippen LogP contribution is -2.53. The van der Waals surface area contributed by atoms with Crippen LogP contribution in [-0.2, 0) is 17.8 Å². The van der Waals surface area contributed by atoms with E-state index in [1.54, 1.807) is 11.3 Å². The first-order valence-electron chi connectivity index (χ1n) is 8.05. The van der Waals surface area contributed by atoms with Crippen LogP contribution < -0.4 is 5.73 Å². The summed E-state index contributed by atoms with van der Waals surface area (Å²) >= 11 is 1.79. The predicted octanol–water partition coefficient (Wildman–Crippen LogP) is 2.81. The third-order valence-corrected chi connectivity index (χ3v) is 5.12. The van der Waals surface area contributed by atoms with Gasteiger partial charge in [0.1, 0.15) is 0 Å². The molecular formula is C18H25Cl2N3OS. The first-order valence-corrected chi connectivity index (χ1v) is 8.93. The highest BCUT2D eigenvalue weighted by atomic mass is 35.5. The van der Waals surface area contributed by atoms with E-state index in [0.717, 1.165) is 38.3 Å². The number of nitrogens with two attached hydrogens (primary N) is 1. The Morgan fingerprint density at radius 3 is 2.32 bits per heavy atom. The van der Waals surface area contributed by atoms with Crippen molar-refractivity contribution in [1.29, 1.82) is 0 Å². The molecule has 7 heteroatoms. The Kier molecular flexibility index (Phi) is 9.46. The molecule has 0 bridgehead atoms. The fraction of sp³-hybridized carbons (Fsp3) is 0.389. The zero-order valence-electron chi connectivity index (χ0n) is 14.0. The fourth-order valence-electron chi connectivity index (χ4n) is 2.94. The molecule has 1 amide bonds. The number of thiophene rings is 1. The van der Waals surface area contributed by atoms with Gasteiger partial charge in [-0.15, -0.1) is 36.2 Å². The van der Waals surface area contributed by atoms with Gasteiger partial charge in [0.15, 0.2) is 0 Å². The summed E-state index contributed by atoms with van der Waals surface area (Å²) in [5.41, 5.74) is 7.24. The maximum absolute atomic E-state index is 12.5. The van der Waals surface area contributed by atoms with Crippen molar-refractivity contribution >= 4 is 42.1 Å². The van der Waals surface area contributed by atoms with Crippen LogP contribution in [0.3, 0.4) is 0 Å². The van der Waals surface area contributed by atoms with Crippen LogP contribution in [0.15, 0.2) is 47.8 Å². The molecule has 2 aromatic rings. The SMILES string of the molecule is Cl.Cl.NC(Cc1ccccc1)C(=O)N1CCN(Cc2cccs2)CC1. The maximum Gasteiger partial charge on any atom is 0.239 e. The molecule has 3 rings (SSSR count). The number of carbonyl (C=O) groups excluding carboxylic acids is 1. The molecule has 1 aromatic heterocycles. The monoisotopic (exact) mass is 401 g/mol. The van der Waals surface area contributed by atoms with Gasteiger partial charge in [0.05, 0.1) is 6.04 Å². The standard InChI is InChI=1S/C18H23N3OS.2ClH/c19-17(13-15-5-2-1-3-6-15)18(22)21-10-8-20(9-11-21)14-16-7-4-12-23-16;;/h1-7,12,17H,8-11,13-14,19H2;2*1H. The van der Waals surface area contributed by atoms with Crippen LogP contribution in [0.1, 0.15) is 10.4 Å². The van der Waals surface area contributed by atoms with Crippen molar-refractivity contribution in [3.63, 3.8) is 0 Å². The van der Waals surface area contributed by atoms with Crippen molar-refractivity contribution < 1.29 is 4.79 Å². The van der Waals surface area contributed by atoms with Crippen LogP contribution in [0, 0.1) is 0 Å². The zero-order valence-corrected chi connectivity index (χ0v) is 16.5. The van der Waals surface area contributed by atoms with E-state index in [1.807, 2.05) is 35.2 Å². The Bertz CT molecular complexity index is 617. The van der Waals surface area contributed by atoms with E-state index in [2.05, 4.69) is 22.4 Å². The summed E-state index contributed by atoms with van der Waals surface area (Å²) in [5, 5.41) is 2.11. The Morgan fingerprint density at radius 2 is 1.72 bits per heavy atom. The highest BCUT2D eigenvalue weighted by Crippen LogP contribution is 2.14. The number of benzene rings is 1. The summed E-state index contributed by atoms with van der Waals surface area (Å²) in [4.78, 5) is 18.2. The van der Waals surface area contributed by atoms with Crippen LogP contribution in [0.2, 0.25) is 0 Å². The molecule has 1 aromatic carbocycles. The third-order valence-electron chi connectivity index (χ3n) is 4.26. The molecule has 1 unspecified atom stereocenters. The van der Waals surface area contributed by atoms with Crippen LogP contribution in [0.4, 0.5) is 0 Å².